The number of nitrogens with one attached hydrogen (secondary N) is 4. The smallest absolute Gasteiger partial charge is 0.330 e. The second-order valence-corrected chi connectivity index (χ2v) is 28.5. The van der Waals surface area contributed by atoms with Gasteiger partial charge in [-0.25, -0.2) is 19.9 Å². The van der Waals surface area contributed by atoms with Gasteiger partial charge in [-0.05, 0) is 204 Å². The Hall–Kier alpha value is -13.1. The van der Waals surface area contributed by atoms with E-state index in [0.29, 0.717) is 5.56 Å². The molecule has 16 rings (SSSR count). The number of hydrogen-bond donors (Lipinski definition) is 8. The molecular formula is C101H95N5O9. The first-order chi connectivity index (χ1) is 56.3. The van der Waals surface area contributed by atoms with Gasteiger partial charge < -0.3 is 36.6 Å². The van der Waals surface area contributed by atoms with E-state index in [1.165, 1.54) is 131 Å². The summed E-state index contributed by atoms with van der Waals surface area (Å²) in [7, 11) is 1.38. The van der Waals surface area contributed by atoms with Crippen LogP contribution in [-0.4, -0.2) is 52.6 Å². The Morgan fingerprint density at radius 3 is 0.809 bits per heavy atom. The number of aryl methyl sites for hydroxylation is 8. The minimum absolute atomic E-state index is 0.0369. The van der Waals surface area contributed by atoms with Crippen LogP contribution >= 0.6 is 0 Å². The summed E-state index contributed by atoms with van der Waals surface area (Å²) in [6.45, 7) is 2.26. The quantitative estimate of drug-likeness (QED) is 0.0132. The van der Waals surface area contributed by atoms with Crippen molar-refractivity contribution in [1.82, 2.24) is 21.4 Å². The number of benzene rings is 12. The molecule has 12 aromatic rings. The molecule has 14 heteroatoms. The molecule has 0 fully saturated rings. The highest BCUT2D eigenvalue weighted by molar-refractivity contribution is 5.91. The van der Waals surface area contributed by atoms with Gasteiger partial charge in [-0.3, -0.25) is 14.8 Å². The fourth-order valence-electron chi connectivity index (χ4n) is 15.2. The Kier molecular flexibility index (Phi) is 29.4. The standard InChI is InChI=1S/C26H25NO2.C25H24N2O2.C25H23NO2.C15H15N.C10H8O3/c1-29-25(28)17-14-19-10-12-20(13-11-19)18-27-26-23-8-4-2-6-21(23)15-16-22-7-3-5-9-24(22)26;28-24(27-29)16-13-18-9-11-19(12-10-18)17-26-25-22-7-3-1-5-20(22)14-15-21-6-2-4-8-23(21)25;27-24(28)16-13-18-9-11-19(12-10-18)17-26-25-22-7-3-1-5-20(22)14-15-21-6-2-4-8-23(21)25;16-15-13-7-3-1-5-11(13)9-10-12-6-2-4-8-14(12)15;11-7-9-3-1-8(2-4-9)5-6-10(12)13/h2-14,17,26-27H,15-16,18H2,1H3;1-13,16,25-26,29H,14-15,17H2,(H,27,28);1-13,16,25-26H,14-15,17H2,(H,27,28);1-8,15H,9-10,16H2;1-7H,(H,12,13)/b17-14+;2*16-13+;;6-5+. The van der Waals surface area contributed by atoms with Crippen LogP contribution in [0.3, 0.4) is 0 Å². The number of ether oxygens (including phenoxy) is 1. The number of carboxylic acid groups (broad SMARTS) is 2. The third-order valence-electron chi connectivity index (χ3n) is 21.2. The lowest BCUT2D eigenvalue weighted by molar-refractivity contribution is -0.135. The van der Waals surface area contributed by atoms with Gasteiger partial charge in [0.25, 0.3) is 5.91 Å². The first kappa shape index (κ1) is 81.4. The average Bonchev–Trinajstić information content (AvgIpc) is 1.72. The molecule has 0 saturated carbocycles. The number of methoxy groups -OCH3 is 1. The van der Waals surface area contributed by atoms with Gasteiger partial charge in [-0.2, -0.15) is 0 Å². The lowest BCUT2D eigenvalue weighted by Gasteiger charge is -2.22. The molecular weight excluding hydrogens is 1430 g/mol. The molecule has 1 amide bonds. The van der Waals surface area contributed by atoms with Gasteiger partial charge in [0.1, 0.15) is 6.29 Å². The Morgan fingerprint density at radius 1 is 0.330 bits per heavy atom. The molecule has 0 unspecified atom stereocenters. The highest BCUT2D eigenvalue weighted by atomic mass is 16.5. The van der Waals surface area contributed by atoms with E-state index in [1.807, 2.05) is 48.5 Å². The maximum Gasteiger partial charge on any atom is 0.330 e. The fraction of sp³-hybridized carbons (Fsp3) is 0.158. The van der Waals surface area contributed by atoms with E-state index in [1.54, 1.807) is 48.0 Å². The molecule has 0 aliphatic heterocycles. The normalized spacial score (nSPS) is 13.4. The number of carbonyl (C=O) groups is 5. The molecule has 0 heterocycles. The molecule has 9 N–H and O–H groups in total. The zero-order valence-corrected chi connectivity index (χ0v) is 64.4. The van der Waals surface area contributed by atoms with Crippen LogP contribution in [0, 0.1) is 0 Å². The van der Waals surface area contributed by atoms with Crippen molar-refractivity contribution in [3.63, 3.8) is 0 Å². The van der Waals surface area contributed by atoms with E-state index >= 15 is 0 Å². The molecule has 0 spiro atoms. The van der Waals surface area contributed by atoms with Crippen molar-refractivity contribution in [2.24, 2.45) is 5.73 Å². The Balaban J connectivity index is 0.000000137. The number of carboxylic acids is 2. The summed E-state index contributed by atoms with van der Waals surface area (Å²) in [6.07, 6.45) is 20.8. The zero-order chi connectivity index (χ0) is 80.1. The maximum atomic E-state index is 11.2. The van der Waals surface area contributed by atoms with Gasteiger partial charge in [0.2, 0.25) is 0 Å². The second kappa shape index (κ2) is 41.5. The largest absolute Gasteiger partial charge is 0.478 e. The number of fused-ring (bicyclic) bond motifs is 8. The summed E-state index contributed by atoms with van der Waals surface area (Å²) in [6, 6.07) is 101. The highest BCUT2D eigenvalue weighted by Crippen LogP contribution is 2.37. The van der Waals surface area contributed by atoms with Crippen molar-refractivity contribution in [1.29, 1.82) is 0 Å². The minimum atomic E-state index is -0.987. The molecule has 0 atom stereocenters. The average molecular weight is 1520 g/mol. The van der Waals surface area contributed by atoms with E-state index in [2.05, 4.69) is 239 Å². The van der Waals surface area contributed by atoms with E-state index in [9.17, 15) is 24.0 Å². The van der Waals surface area contributed by atoms with Crippen LogP contribution in [-0.2, 0) is 94.9 Å². The third kappa shape index (κ3) is 22.9. The number of hydroxylamine groups is 1. The van der Waals surface area contributed by atoms with Crippen molar-refractivity contribution in [3.05, 3.63) is 449 Å². The van der Waals surface area contributed by atoms with E-state index in [0.717, 1.165) is 112 Å². The van der Waals surface area contributed by atoms with Crippen molar-refractivity contribution in [3.8, 4) is 0 Å². The van der Waals surface area contributed by atoms with Crippen LogP contribution in [0.15, 0.2) is 315 Å². The lowest BCUT2D eigenvalue weighted by atomic mass is 9.94. The monoisotopic (exact) mass is 1520 g/mol. The van der Waals surface area contributed by atoms with Gasteiger partial charge in [0, 0.05) is 49.5 Å². The van der Waals surface area contributed by atoms with Crippen molar-refractivity contribution >= 4 is 54.4 Å². The number of carbonyl (C=O) groups excluding carboxylic acids is 3. The number of amides is 1. The summed E-state index contributed by atoms with van der Waals surface area (Å²) < 4.78 is 4.63. The summed E-state index contributed by atoms with van der Waals surface area (Å²) in [5.41, 5.74) is 37.6. The minimum Gasteiger partial charge on any atom is -0.478 e. The first-order valence-electron chi connectivity index (χ1n) is 38.9. The molecule has 4 aliphatic rings. The zero-order valence-electron chi connectivity index (χ0n) is 64.4. The summed E-state index contributed by atoms with van der Waals surface area (Å²) in [5, 5.41) is 36.9. The topological polar surface area (TPSA) is 229 Å². The number of esters is 1. The second-order valence-electron chi connectivity index (χ2n) is 28.5. The van der Waals surface area contributed by atoms with Gasteiger partial charge in [-0.15, -0.1) is 0 Å². The van der Waals surface area contributed by atoms with Gasteiger partial charge in [0.05, 0.1) is 31.3 Å². The SMILES string of the molecule is COC(=O)/C=C/c1ccc(CNC2c3ccccc3CCc3ccccc32)cc1.NC1c2ccccc2CCc2ccccc21.O=C(/C=C/c1ccc(CNC2c3ccccc3CCc3ccccc32)cc1)NO.O=C(O)/C=C/c1ccc(CNC2c3ccccc3CCc3ccccc32)cc1.O=Cc1ccc(/C=C/C(=O)O)cc1. The molecule has 0 aromatic heterocycles. The number of aldehydes is 1. The van der Waals surface area contributed by atoms with Gasteiger partial charge >= 0.3 is 17.9 Å². The van der Waals surface area contributed by atoms with Crippen LogP contribution in [0.25, 0.3) is 24.3 Å². The highest BCUT2D eigenvalue weighted by Gasteiger charge is 2.27. The van der Waals surface area contributed by atoms with Gasteiger partial charge in [-0.1, -0.05) is 291 Å². The fourth-order valence-corrected chi connectivity index (χ4v) is 15.2. The summed E-state index contributed by atoms with van der Waals surface area (Å²) >= 11 is 0. The van der Waals surface area contributed by atoms with Crippen LogP contribution < -0.4 is 27.2 Å². The molecule has 4 aliphatic carbocycles. The third-order valence-corrected chi connectivity index (χ3v) is 21.2. The lowest BCUT2D eigenvalue weighted by Crippen LogP contribution is -2.23. The van der Waals surface area contributed by atoms with Crippen LogP contribution in [0.2, 0.25) is 0 Å². The molecule has 0 saturated heterocycles. The summed E-state index contributed by atoms with van der Waals surface area (Å²) in [5.74, 6) is -2.81. The predicted molar refractivity (Wildman–Crippen MR) is 458 cm³/mol. The summed E-state index contributed by atoms with van der Waals surface area (Å²) in [4.78, 5) is 53.4. The van der Waals surface area contributed by atoms with E-state index in [4.69, 9.17) is 21.2 Å². The Bertz CT molecular complexity index is 5060. The molecule has 14 nitrogen and oxygen atoms in total. The molecule has 0 bridgehead atoms. The molecule has 12 aromatic carbocycles. The number of nitrogens with two attached hydrogens (primary N) is 1. The molecule has 0 radical (unpaired) electrons. The Labute approximate surface area is 673 Å². The maximum absolute atomic E-state index is 11.2. The predicted octanol–water partition coefficient (Wildman–Crippen LogP) is 18.2. The van der Waals surface area contributed by atoms with Crippen LogP contribution in [0.1, 0.15) is 162 Å². The number of aliphatic carboxylic acids is 2. The number of rotatable bonds is 18. The number of hydrogen-bond acceptors (Lipinski definition) is 11. The van der Waals surface area contributed by atoms with E-state index < -0.39 is 17.8 Å². The van der Waals surface area contributed by atoms with E-state index in [-0.39, 0.29) is 30.1 Å². The molecule has 115 heavy (non-hydrogen) atoms. The van der Waals surface area contributed by atoms with Crippen molar-refractivity contribution in [2.75, 3.05) is 7.11 Å². The van der Waals surface area contributed by atoms with Crippen LogP contribution in [0.5, 0.6) is 0 Å². The molecule has 578 valence electrons. The van der Waals surface area contributed by atoms with Crippen LogP contribution in [0.4, 0.5) is 0 Å². The van der Waals surface area contributed by atoms with Crippen molar-refractivity contribution < 1.29 is 44.1 Å². The Morgan fingerprint density at radius 2 is 0.557 bits per heavy atom. The first-order valence-corrected chi connectivity index (χ1v) is 38.9. The van der Waals surface area contributed by atoms with Crippen molar-refractivity contribution in [2.45, 2.75) is 95.2 Å². The van der Waals surface area contributed by atoms with Gasteiger partial charge in [0.15, 0.2) is 0 Å².